The fourth-order valence-corrected chi connectivity index (χ4v) is 2.90. The fraction of sp³-hybridized carbons (Fsp3) is 0.444. The summed E-state index contributed by atoms with van der Waals surface area (Å²) in [5, 5.41) is 11.7. The molecule has 0 unspecified atom stereocenters. The number of nitrogen functional groups attached to an aromatic ring is 1. The molecule has 0 aliphatic rings. The van der Waals surface area contributed by atoms with Crippen LogP contribution in [0, 0.1) is 6.92 Å². The zero-order valence-electron chi connectivity index (χ0n) is 9.57. The number of thioether (sulfide) groups is 1. The molecule has 2 rings (SSSR count). The predicted octanol–water partition coefficient (Wildman–Crippen LogP) is 1.97. The Morgan fingerprint density at radius 3 is 2.88 bits per heavy atom. The number of H-pyrrole nitrogens is 1. The van der Waals surface area contributed by atoms with E-state index in [0.717, 1.165) is 28.2 Å². The average molecular weight is 317 g/mol. The normalized spacial score (nSPS) is 11.0. The van der Waals surface area contributed by atoms with Crippen LogP contribution in [-0.4, -0.2) is 25.0 Å². The summed E-state index contributed by atoms with van der Waals surface area (Å²) in [5.74, 6) is 1.10. The van der Waals surface area contributed by atoms with Gasteiger partial charge in [-0.2, -0.15) is 10.1 Å². The van der Waals surface area contributed by atoms with E-state index in [2.05, 4.69) is 43.1 Å². The van der Waals surface area contributed by atoms with Crippen molar-refractivity contribution in [1.82, 2.24) is 25.0 Å². The maximum absolute atomic E-state index is 5.47. The molecule has 0 amide bonds. The summed E-state index contributed by atoms with van der Waals surface area (Å²) in [7, 11) is 0. The molecule has 0 saturated heterocycles. The molecule has 92 valence electrons. The van der Waals surface area contributed by atoms with E-state index in [9.17, 15) is 0 Å². The van der Waals surface area contributed by atoms with Crippen LogP contribution in [0.1, 0.15) is 18.3 Å². The highest BCUT2D eigenvalue weighted by Crippen LogP contribution is 2.27. The van der Waals surface area contributed by atoms with Crippen molar-refractivity contribution in [3.8, 4) is 0 Å². The van der Waals surface area contributed by atoms with E-state index in [0.29, 0.717) is 11.1 Å². The molecule has 2 aromatic heterocycles. The lowest BCUT2D eigenvalue weighted by Crippen LogP contribution is -2.01. The number of nitrogens with one attached hydrogen (secondary N) is 1. The average Bonchev–Trinajstić information content (AvgIpc) is 2.83. The Bertz CT molecular complexity index is 520. The smallest absolute Gasteiger partial charge is 0.216 e. The molecule has 0 bridgehead atoms. The topological polar surface area (TPSA) is 85.4 Å². The van der Waals surface area contributed by atoms with Crippen LogP contribution in [0.2, 0.25) is 0 Å². The third-order valence-electron chi connectivity index (χ3n) is 2.27. The molecule has 0 aliphatic carbocycles. The molecule has 17 heavy (non-hydrogen) atoms. The van der Waals surface area contributed by atoms with Gasteiger partial charge in [-0.3, -0.25) is 4.68 Å². The van der Waals surface area contributed by atoms with Crippen LogP contribution in [0.25, 0.3) is 0 Å². The second kappa shape index (κ2) is 5.09. The molecular weight excluding hydrogens is 304 g/mol. The summed E-state index contributed by atoms with van der Waals surface area (Å²) in [4.78, 5) is 4.05. The van der Waals surface area contributed by atoms with E-state index in [1.54, 1.807) is 0 Å². The molecule has 0 aliphatic heterocycles. The van der Waals surface area contributed by atoms with Gasteiger partial charge in [-0.15, -0.1) is 5.10 Å². The van der Waals surface area contributed by atoms with E-state index in [4.69, 9.17) is 5.73 Å². The molecule has 0 fully saturated rings. The standard InChI is InChI=1S/C9H13BrN6S/c1-3-16-6(7(10)5(2)15-16)4-17-9-12-8(11)13-14-9/h3-4H2,1-2H3,(H3,11,12,13,14). The van der Waals surface area contributed by atoms with Gasteiger partial charge in [0.05, 0.1) is 15.9 Å². The van der Waals surface area contributed by atoms with Gasteiger partial charge in [-0.1, -0.05) is 11.8 Å². The predicted molar refractivity (Wildman–Crippen MR) is 70.7 cm³/mol. The lowest BCUT2D eigenvalue weighted by molar-refractivity contribution is 0.631. The van der Waals surface area contributed by atoms with Crippen molar-refractivity contribution in [3.63, 3.8) is 0 Å². The highest BCUT2D eigenvalue weighted by Gasteiger charge is 2.13. The van der Waals surface area contributed by atoms with Gasteiger partial charge in [0.25, 0.3) is 0 Å². The summed E-state index contributed by atoms with van der Waals surface area (Å²) in [6.07, 6.45) is 0. The number of hydrogen-bond acceptors (Lipinski definition) is 5. The molecular formula is C9H13BrN6S. The molecule has 0 radical (unpaired) electrons. The van der Waals surface area contributed by atoms with Crippen molar-refractivity contribution < 1.29 is 0 Å². The molecule has 6 nitrogen and oxygen atoms in total. The zero-order chi connectivity index (χ0) is 12.4. The second-order valence-electron chi connectivity index (χ2n) is 3.45. The minimum atomic E-state index is 0.340. The Hall–Kier alpha value is -1.02. The second-order valence-corrected chi connectivity index (χ2v) is 5.19. The fourth-order valence-electron chi connectivity index (χ4n) is 1.46. The van der Waals surface area contributed by atoms with Crippen molar-refractivity contribution in [2.75, 3.05) is 5.73 Å². The minimum Gasteiger partial charge on any atom is -0.368 e. The van der Waals surface area contributed by atoms with Crippen molar-refractivity contribution in [1.29, 1.82) is 0 Å². The molecule has 8 heteroatoms. The molecule has 2 heterocycles. The van der Waals surface area contributed by atoms with Gasteiger partial charge in [-0.05, 0) is 29.8 Å². The van der Waals surface area contributed by atoms with Crippen molar-refractivity contribution in [2.45, 2.75) is 31.3 Å². The van der Waals surface area contributed by atoms with E-state index in [1.165, 1.54) is 11.8 Å². The van der Waals surface area contributed by atoms with E-state index >= 15 is 0 Å². The van der Waals surface area contributed by atoms with Gasteiger partial charge >= 0.3 is 0 Å². The quantitative estimate of drug-likeness (QED) is 0.842. The minimum absolute atomic E-state index is 0.340. The van der Waals surface area contributed by atoms with Crippen molar-refractivity contribution in [3.05, 3.63) is 15.9 Å². The monoisotopic (exact) mass is 316 g/mol. The van der Waals surface area contributed by atoms with Crippen LogP contribution in [0.5, 0.6) is 0 Å². The van der Waals surface area contributed by atoms with Gasteiger partial charge in [0.15, 0.2) is 0 Å². The lowest BCUT2D eigenvalue weighted by Gasteiger charge is -2.03. The van der Waals surface area contributed by atoms with Crippen LogP contribution in [0.3, 0.4) is 0 Å². The van der Waals surface area contributed by atoms with Crippen molar-refractivity contribution >= 4 is 33.6 Å². The zero-order valence-corrected chi connectivity index (χ0v) is 12.0. The summed E-state index contributed by atoms with van der Waals surface area (Å²) in [5.41, 5.74) is 7.60. The van der Waals surface area contributed by atoms with Gasteiger partial charge < -0.3 is 5.73 Å². The van der Waals surface area contributed by atoms with Gasteiger partial charge in [0.2, 0.25) is 11.1 Å². The first-order valence-corrected chi connectivity index (χ1v) is 6.92. The van der Waals surface area contributed by atoms with Crippen LogP contribution in [0.4, 0.5) is 5.95 Å². The van der Waals surface area contributed by atoms with Gasteiger partial charge in [0, 0.05) is 12.3 Å². The van der Waals surface area contributed by atoms with Crippen LogP contribution >= 0.6 is 27.7 Å². The molecule has 0 aromatic carbocycles. The number of rotatable bonds is 4. The number of aromatic nitrogens is 5. The Morgan fingerprint density at radius 2 is 2.29 bits per heavy atom. The molecule has 2 aromatic rings. The maximum Gasteiger partial charge on any atom is 0.216 e. The van der Waals surface area contributed by atoms with E-state index in [1.807, 2.05) is 11.6 Å². The third-order valence-corrected chi connectivity index (χ3v) is 4.16. The molecule has 0 saturated carbocycles. The Balaban J connectivity index is 2.13. The molecule has 0 atom stereocenters. The summed E-state index contributed by atoms with van der Waals surface area (Å²) < 4.78 is 3.03. The number of halogens is 1. The third kappa shape index (κ3) is 2.63. The summed E-state index contributed by atoms with van der Waals surface area (Å²) >= 11 is 5.08. The van der Waals surface area contributed by atoms with E-state index < -0.39 is 0 Å². The largest absolute Gasteiger partial charge is 0.368 e. The number of nitrogens with two attached hydrogens (primary N) is 1. The Labute approximate surface area is 112 Å². The number of nitrogens with zero attached hydrogens (tertiary/aromatic N) is 4. The maximum atomic E-state index is 5.47. The number of hydrogen-bond donors (Lipinski definition) is 2. The molecule has 0 spiro atoms. The highest BCUT2D eigenvalue weighted by molar-refractivity contribution is 9.10. The van der Waals surface area contributed by atoms with Crippen molar-refractivity contribution in [2.24, 2.45) is 0 Å². The first-order valence-electron chi connectivity index (χ1n) is 5.14. The Morgan fingerprint density at radius 1 is 1.53 bits per heavy atom. The summed E-state index contributed by atoms with van der Waals surface area (Å²) in [6.45, 7) is 4.89. The molecule has 3 N–H and O–H groups in total. The number of anilines is 1. The highest BCUT2D eigenvalue weighted by atomic mass is 79.9. The summed E-state index contributed by atoms with van der Waals surface area (Å²) in [6, 6.07) is 0. The van der Waals surface area contributed by atoms with Gasteiger partial charge in [0.1, 0.15) is 0 Å². The first kappa shape index (κ1) is 12.4. The number of aromatic amines is 1. The van der Waals surface area contributed by atoms with E-state index in [-0.39, 0.29) is 0 Å². The Kier molecular flexibility index (Phi) is 3.72. The van der Waals surface area contributed by atoms with Crippen LogP contribution in [0.15, 0.2) is 9.63 Å². The number of aryl methyl sites for hydroxylation is 2. The lowest BCUT2D eigenvalue weighted by atomic mass is 10.4. The van der Waals surface area contributed by atoms with Crippen LogP contribution < -0.4 is 5.73 Å². The SMILES string of the molecule is CCn1nc(C)c(Br)c1CSc1n[nH]c(N)n1. The van der Waals surface area contributed by atoms with Gasteiger partial charge in [-0.25, -0.2) is 5.10 Å². The first-order chi connectivity index (χ1) is 8.11. The van der Waals surface area contributed by atoms with Crippen LogP contribution in [-0.2, 0) is 12.3 Å².